The van der Waals surface area contributed by atoms with Crippen LogP contribution < -0.4 is 0 Å². The summed E-state index contributed by atoms with van der Waals surface area (Å²) in [7, 11) is 1.77. The quantitative estimate of drug-likeness (QED) is 0.713. The molecule has 1 atom stereocenters. The maximum absolute atomic E-state index is 9.20. The average Bonchev–Trinajstić information content (AvgIpc) is 2.89. The second kappa shape index (κ2) is 7.43. The topological polar surface area (TPSA) is 35.9 Å². The Labute approximate surface area is 111 Å². The predicted molar refractivity (Wildman–Crippen MR) is 72.7 cm³/mol. The van der Waals surface area contributed by atoms with E-state index in [0.29, 0.717) is 12.5 Å². The van der Waals surface area contributed by atoms with Gasteiger partial charge in [-0.2, -0.15) is 0 Å². The maximum atomic E-state index is 9.20. The first-order chi connectivity index (χ1) is 8.83. The van der Waals surface area contributed by atoms with E-state index in [-0.39, 0.29) is 0 Å². The molecule has 0 spiro atoms. The summed E-state index contributed by atoms with van der Waals surface area (Å²) in [5.41, 5.74) is 0. The Bertz CT molecular complexity index is 230. The molecule has 0 aromatic carbocycles. The van der Waals surface area contributed by atoms with Crippen molar-refractivity contribution in [3.05, 3.63) is 0 Å². The summed E-state index contributed by atoms with van der Waals surface area (Å²) in [5, 5.41) is 9.20. The fraction of sp³-hybridized carbons (Fsp3) is 1.00. The highest BCUT2D eigenvalue weighted by Crippen LogP contribution is 2.24. The second-order valence-corrected chi connectivity index (χ2v) is 5.75. The summed E-state index contributed by atoms with van der Waals surface area (Å²) in [6, 6.07) is 0.764. The van der Waals surface area contributed by atoms with Crippen LogP contribution in [0.15, 0.2) is 0 Å². The number of ether oxygens (including phenoxy) is 1. The van der Waals surface area contributed by atoms with Gasteiger partial charge in [0, 0.05) is 39.5 Å². The molecule has 0 aromatic rings. The highest BCUT2D eigenvalue weighted by Gasteiger charge is 2.29. The number of likely N-dealkylation sites (tertiary alicyclic amines) is 2. The van der Waals surface area contributed by atoms with Crippen LogP contribution in [0.5, 0.6) is 0 Å². The van der Waals surface area contributed by atoms with E-state index in [4.69, 9.17) is 4.74 Å². The maximum Gasteiger partial charge on any atom is 0.0474 e. The standard InChI is InChI=1S/C14H28N2O2/c1-18-10-2-6-15-7-4-14(5-8-15)16-9-3-13(11-16)12-17/h13-14,17H,2-12H2,1H3. The molecule has 18 heavy (non-hydrogen) atoms. The lowest BCUT2D eigenvalue weighted by atomic mass is 10.0. The van der Waals surface area contributed by atoms with Crippen molar-refractivity contribution in [1.29, 1.82) is 0 Å². The van der Waals surface area contributed by atoms with Crippen LogP contribution in [0.2, 0.25) is 0 Å². The molecule has 2 aliphatic rings. The Kier molecular flexibility index (Phi) is 5.89. The molecule has 0 amide bonds. The Hall–Kier alpha value is -0.160. The Balaban J connectivity index is 1.64. The molecule has 4 heteroatoms. The van der Waals surface area contributed by atoms with Gasteiger partial charge in [0.15, 0.2) is 0 Å². The first-order valence-electron chi connectivity index (χ1n) is 7.39. The van der Waals surface area contributed by atoms with Crippen LogP contribution in [-0.4, -0.2) is 74.0 Å². The largest absolute Gasteiger partial charge is 0.396 e. The fourth-order valence-corrected chi connectivity index (χ4v) is 3.28. The highest BCUT2D eigenvalue weighted by atomic mass is 16.5. The Morgan fingerprint density at radius 2 is 1.94 bits per heavy atom. The lowest BCUT2D eigenvalue weighted by molar-refractivity contribution is 0.109. The molecule has 0 aromatic heterocycles. The molecule has 1 unspecified atom stereocenters. The Morgan fingerprint density at radius 3 is 2.56 bits per heavy atom. The van der Waals surface area contributed by atoms with Crippen molar-refractivity contribution in [1.82, 2.24) is 9.80 Å². The monoisotopic (exact) mass is 256 g/mol. The fourth-order valence-electron chi connectivity index (χ4n) is 3.28. The summed E-state index contributed by atoms with van der Waals surface area (Å²) in [6.07, 6.45) is 4.93. The summed E-state index contributed by atoms with van der Waals surface area (Å²) < 4.78 is 5.10. The molecule has 2 rings (SSSR count). The summed E-state index contributed by atoms with van der Waals surface area (Å²) in [6.45, 7) is 7.20. The van der Waals surface area contributed by atoms with E-state index in [2.05, 4.69) is 9.80 Å². The van der Waals surface area contributed by atoms with Gasteiger partial charge in [0.25, 0.3) is 0 Å². The van der Waals surface area contributed by atoms with Crippen LogP contribution in [0, 0.1) is 5.92 Å². The van der Waals surface area contributed by atoms with Crippen molar-refractivity contribution in [3.8, 4) is 0 Å². The molecule has 2 saturated heterocycles. The van der Waals surface area contributed by atoms with Gasteiger partial charge >= 0.3 is 0 Å². The van der Waals surface area contributed by atoms with E-state index in [1.54, 1.807) is 7.11 Å². The van der Waals surface area contributed by atoms with Gasteiger partial charge in [0.2, 0.25) is 0 Å². The molecule has 106 valence electrons. The average molecular weight is 256 g/mol. The van der Waals surface area contributed by atoms with Crippen molar-refractivity contribution >= 4 is 0 Å². The third-order valence-electron chi connectivity index (χ3n) is 4.47. The number of rotatable bonds is 6. The van der Waals surface area contributed by atoms with E-state index in [9.17, 15) is 5.11 Å². The zero-order valence-corrected chi connectivity index (χ0v) is 11.7. The van der Waals surface area contributed by atoms with Gasteiger partial charge in [-0.25, -0.2) is 0 Å². The summed E-state index contributed by atoms with van der Waals surface area (Å²) >= 11 is 0. The van der Waals surface area contributed by atoms with Crippen LogP contribution in [0.1, 0.15) is 25.7 Å². The lowest BCUT2D eigenvalue weighted by Crippen LogP contribution is -2.44. The minimum absolute atomic E-state index is 0.367. The van der Waals surface area contributed by atoms with E-state index in [0.717, 1.165) is 25.6 Å². The predicted octanol–water partition coefficient (Wildman–Crippen LogP) is 0.802. The molecule has 0 aliphatic carbocycles. The first-order valence-corrected chi connectivity index (χ1v) is 7.39. The number of hydrogen-bond acceptors (Lipinski definition) is 4. The molecular weight excluding hydrogens is 228 g/mol. The minimum atomic E-state index is 0.367. The van der Waals surface area contributed by atoms with Gasteiger partial charge in [-0.1, -0.05) is 0 Å². The number of methoxy groups -OCH3 is 1. The zero-order chi connectivity index (χ0) is 12.8. The smallest absolute Gasteiger partial charge is 0.0474 e. The van der Waals surface area contributed by atoms with Gasteiger partial charge in [0.05, 0.1) is 0 Å². The third-order valence-corrected chi connectivity index (χ3v) is 4.47. The molecule has 2 heterocycles. The normalized spacial score (nSPS) is 28.0. The summed E-state index contributed by atoms with van der Waals surface area (Å²) in [4.78, 5) is 5.17. The number of nitrogens with zero attached hydrogens (tertiary/aromatic N) is 2. The van der Waals surface area contributed by atoms with E-state index in [1.807, 2.05) is 0 Å². The van der Waals surface area contributed by atoms with Crippen LogP contribution in [-0.2, 0) is 4.74 Å². The van der Waals surface area contributed by atoms with Crippen molar-refractivity contribution in [2.75, 3.05) is 53.0 Å². The van der Waals surface area contributed by atoms with Crippen molar-refractivity contribution in [2.45, 2.75) is 31.7 Å². The molecular formula is C14H28N2O2. The minimum Gasteiger partial charge on any atom is -0.396 e. The van der Waals surface area contributed by atoms with Crippen molar-refractivity contribution in [2.24, 2.45) is 5.92 Å². The molecule has 4 nitrogen and oxygen atoms in total. The number of aliphatic hydroxyl groups excluding tert-OH is 1. The molecule has 0 radical (unpaired) electrons. The zero-order valence-electron chi connectivity index (χ0n) is 11.7. The number of aliphatic hydroxyl groups is 1. The van der Waals surface area contributed by atoms with Gasteiger partial charge in [0.1, 0.15) is 0 Å². The van der Waals surface area contributed by atoms with Gasteiger partial charge in [-0.3, -0.25) is 4.90 Å². The summed E-state index contributed by atoms with van der Waals surface area (Å²) in [5.74, 6) is 0.532. The van der Waals surface area contributed by atoms with Crippen molar-refractivity contribution in [3.63, 3.8) is 0 Å². The van der Waals surface area contributed by atoms with Crippen LogP contribution in [0.3, 0.4) is 0 Å². The molecule has 0 bridgehead atoms. The van der Waals surface area contributed by atoms with Crippen LogP contribution >= 0.6 is 0 Å². The second-order valence-electron chi connectivity index (χ2n) is 5.75. The number of piperidine rings is 1. The van der Waals surface area contributed by atoms with E-state index in [1.165, 1.54) is 45.4 Å². The van der Waals surface area contributed by atoms with Crippen molar-refractivity contribution < 1.29 is 9.84 Å². The lowest BCUT2D eigenvalue weighted by Gasteiger charge is -2.36. The van der Waals surface area contributed by atoms with Gasteiger partial charge in [-0.15, -0.1) is 0 Å². The highest BCUT2D eigenvalue weighted by molar-refractivity contribution is 4.85. The van der Waals surface area contributed by atoms with E-state index >= 15 is 0 Å². The SMILES string of the molecule is COCCCN1CCC(N2CCC(CO)C2)CC1. The molecule has 0 saturated carbocycles. The van der Waals surface area contributed by atoms with Gasteiger partial charge in [-0.05, 0) is 51.2 Å². The third kappa shape index (κ3) is 3.92. The number of hydrogen-bond donors (Lipinski definition) is 1. The Morgan fingerprint density at radius 1 is 1.17 bits per heavy atom. The molecule has 2 aliphatic heterocycles. The van der Waals surface area contributed by atoms with Gasteiger partial charge < -0.3 is 14.7 Å². The molecule has 1 N–H and O–H groups in total. The van der Waals surface area contributed by atoms with Crippen LogP contribution in [0.4, 0.5) is 0 Å². The molecule has 2 fully saturated rings. The van der Waals surface area contributed by atoms with Crippen LogP contribution in [0.25, 0.3) is 0 Å². The van der Waals surface area contributed by atoms with E-state index < -0.39 is 0 Å². The first kappa shape index (κ1) is 14.3.